The lowest BCUT2D eigenvalue weighted by atomic mass is 9.96. The van der Waals surface area contributed by atoms with Crippen LogP contribution in [0.15, 0.2) is 0 Å². The molecule has 41 heavy (non-hydrogen) atoms. The van der Waals surface area contributed by atoms with Gasteiger partial charge in [-0.1, -0.05) is 182 Å². The summed E-state index contributed by atoms with van der Waals surface area (Å²) in [4.78, 5) is 21.3. The molecular formula is C37H74O4. The van der Waals surface area contributed by atoms with Crippen LogP contribution in [-0.2, 0) is 14.3 Å². The number of rotatable bonds is 30. The Kier molecular flexibility index (Phi) is 36.1. The van der Waals surface area contributed by atoms with Crippen molar-refractivity contribution in [1.82, 2.24) is 0 Å². The van der Waals surface area contributed by atoms with Crippen LogP contribution in [0.25, 0.3) is 0 Å². The Balaban J connectivity index is 0. The molecule has 0 aromatic rings. The maximum absolute atomic E-state index is 11.0. The molecule has 0 heterocycles. The number of carboxylic acid groups (broad SMARTS) is 1. The maximum atomic E-state index is 11.0. The highest BCUT2D eigenvalue weighted by atomic mass is 16.5. The molecule has 0 bridgehead atoms. The predicted octanol–water partition coefficient (Wildman–Crippen LogP) is 12.5. The van der Waals surface area contributed by atoms with Gasteiger partial charge in [-0.3, -0.25) is 9.59 Å². The summed E-state index contributed by atoms with van der Waals surface area (Å²) >= 11 is 0. The normalized spacial score (nSPS) is 12.4. The molecule has 246 valence electrons. The first-order valence-electron chi connectivity index (χ1n) is 18.2. The summed E-state index contributed by atoms with van der Waals surface area (Å²) in [5.41, 5.74) is 0. The second-order valence-electron chi connectivity index (χ2n) is 12.9. The van der Waals surface area contributed by atoms with Crippen molar-refractivity contribution < 1.29 is 19.4 Å². The van der Waals surface area contributed by atoms with Gasteiger partial charge in [-0.15, -0.1) is 0 Å². The molecule has 2 atom stereocenters. The second kappa shape index (κ2) is 35.1. The lowest BCUT2D eigenvalue weighted by Gasteiger charge is -2.11. The zero-order valence-corrected chi connectivity index (χ0v) is 28.6. The highest BCUT2D eigenvalue weighted by Gasteiger charge is 2.04. The number of esters is 1. The Morgan fingerprint density at radius 1 is 0.488 bits per heavy atom. The zero-order chi connectivity index (χ0) is 30.8. The molecule has 0 saturated carbocycles. The molecule has 0 rings (SSSR count). The van der Waals surface area contributed by atoms with E-state index in [-0.39, 0.29) is 5.97 Å². The van der Waals surface area contributed by atoms with Crippen molar-refractivity contribution in [2.75, 3.05) is 7.11 Å². The molecule has 0 amide bonds. The Morgan fingerprint density at radius 2 is 0.780 bits per heavy atom. The van der Waals surface area contributed by atoms with E-state index in [1.165, 1.54) is 155 Å². The molecule has 4 heteroatoms. The van der Waals surface area contributed by atoms with E-state index in [1.54, 1.807) is 0 Å². The van der Waals surface area contributed by atoms with E-state index in [1.807, 2.05) is 0 Å². The van der Waals surface area contributed by atoms with E-state index >= 15 is 0 Å². The average Bonchev–Trinajstić information content (AvgIpc) is 2.95. The van der Waals surface area contributed by atoms with Gasteiger partial charge in [0.25, 0.3) is 0 Å². The van der Waals surface area contributed by atoms with Gasteiger partial charge >= 0.3 is 11.9 Å². The highest BCUT2D eigenvalue weighted by molar-refractivity contribution is 5.69. The van der Waals surface area contributed by atoms with Crippen LogP contribution < -0.4 is 0 Å². The molecule has 0 aliphatic heterocycles. The zero-order valence-electron chi connectivity index (χ0n) is 28.6. The number of methoxy groups -OCH3 is 1. The number of carbonyl (C=O) groups is 2. The third kappa shape index (κ3) is 38.9. The van der Waals surface area contributed by atoms with Crippen LogP contribution in [0.5, 0.6) is 0 Å². The number of carbonyl (C=O) groups excluding carboxylic acids is 1. The predicted molar refractivity (Wildman–Crippen MR) is 179 cm³/mol. The van der Waals surface area contributed by atoms with Gasteiger partial charge in [-0.05, 0) is 24.7 Å². The van der Waals surface area contributed by atoms with E-state index in [9.17, 15) is 9.59 Å². The minimum atomic E-state index is -0.655. The van der Waals surface area contributed by atoms with Crippen molar-refractivity contribution in [3.8, 4) is 0 Å². The van der Waals surface area contributed by atoms with Gasteiger partial charge in [-0.2, -0.15) is 0 Å². The van der Waals surface area contributed by atoms with Crippen molar-refractivity contribution in [2.45, 2.75) is 207 Å². The van der Waals surface area contributed by atoms with Crippen molar-refractivity contribution in [3.63, 3.8) is 0 Å². The fourth-order valence-electron chi connectivity index (χ4n) is 5.53. The number of ether oxygens (including phenoxy) is 1. The number of carboxylic acids is 1. The van der Waals surface area contributed by atoms with E-state index < -0.39 is 5.97 Å². The first-order chi connectivity index (χ1) is 19.9. The lowest BCUT2D eigenvalue weighted by Crippen LogP contribution is -1.99. The molecule has 0 radical (unpaired) electrons. The molecule has 0 aromatic heterocycles. The Morgan fingerprint density at radius 3 is 1.10 bits per heavy atom. The second-order valence-corrected chi connectivity index (χ2v) is 12.9. The topological polar surface area (TPSA) is 63.6 Å². The van der Waals surface area contributed by atoms with Crippen LogP contribution in [0.4, 0.5) is 0 Å². The molecule has 1 N–H and O–H groups in total. The SMILES string of the molecule is CCCCCCCCC(C)CCCCCCCC(=O)O.CCCCCCCCC(C)CCCCCCCC(=O)OC. The summed E-state index contributed by atoms with van der Waals surface area (Å²) in [6.45, 7) is 9.33. The van der Waals surface area contributed by atoms with Crippen molar-refractivity contribution >= 4 is 11.9 Å². The van der Waals surface area contributed by atoms with Crippen LogP contribution in [0.2, 0.25) is 0 Å². The monoisotopic (exact) mass is 583 g/mol. The van der Waals surface area contributed by atoms with Crippen LogP contribution in [0.3, 0.4) is 0 Å². The van der Waals surface area contributed by atoms with Gasteiger partial charge in [0, 0.05) is 12.8 Å². The van der Waals surface area contributed by atoms with Crippen LogP contribution in [-0.4, -0.2) is 24.2 Å². The highest BCUT2D eigenvalue weighted by Crippen LogP contribution is 2.19. The molecule has 0 aromatic carbocycles. The first-order valence-corrected chi connectivity index (χ1v) is 18.2. The van der Waals surface area contributed by atoms with Crippen molar-refractivity contribution in [3.05, 3.63) is 0 Å². The summed E-state index contributed by atoms with van der Waals surface area (Å²) in [5, 5.41) is 8.54. The summed E-state index contributed by atoms with van der Waals surface area (Å²) in [6, 6.07) is 0. The quantitative estimate of drug-likeness (QED) is 0.0675. The number of aliphatic carboxylic acids is 1. The third-order valence-corrected chi connectivity index (χ3v) is 8.49. The summed E-state index contributed by atoms with van der Waals surface area (Å²) in [5.74, 6) is 1.05. The minimum absolute atomic E-state index is 0.0671. The lowest BCUT2D eigenvalue weighted by molar-refractivity contribution is -0.141. The molecule has 0 spiro atoms. The van der Waals surface area contributed by atoms with E-state index in [0.717, 1.165) is 31.1 Å². The van der Waals surface area contributed by atoms with Crippen molar-refractivity contribution in [1.29, 1.82) is 0 Å². The first kappa shape index (κ1) is 42.1. The number of hydrogen-bond acceptors (Lipinski definition) is 3. The van der Waals surface area contributed by atoms with Gasteiger partial charge in [0.05, 0.1) is 7.11 Å². The molecule has 0 fully saturated rings. The van der Waals surface area contributed by atoms with Gasteiger partial charge in [-0.25, -0.2) is 0 Å². The standard InChI is InChI=1S/C19H38O2.C18H36O2/c1-4-5-6-7-9-12-15-18(2)16-13-10-8-11-14-17-19(20)21-3;1-3-4-5-6-8-11-14-17(2)15-12-9-7-10-13-16-18(19)20/h18H,4-17H2,1-3H3;17H,3-16H2,1-2H3,(H,19,20). The molecule has 4 nitrogen and oxygen atoms in total. The van der Waals surface area contributed by atoms with E-state index in [2.05, 4.69) is 32.4 Å². The van der Waals surface area contributed by atoms with Crippen molar-refractivity contribution in [2.24, 2.45) is 11.8 Å². The van der Waals surface area contributed by atoms with Crippen LogP contribution in [0, 0.1) is 11.8 Å². The Bertz CT molecular complexity index is 533. The summed E-state index contributed by atoms with van der Waals surface area (Å²) in [7, 11) is 1.47. The van der Waals surface area contributed by atoms with Gasteiger partial charge in [0.15, 0.2) is 0 Å². The largest absolute Gasteiger partial charge is 0.481 e. The Hall–Kier alpha value is -1.06. The summed E-state index contributed by atoms with van der Waals surface area (Å²) < 4.78 is 4.64. The minimum Gasteiger partial charge on any atom is -0.481 e. The van der Waals surface area contributed by atoms with Gasteiger partial charge in [0.2, 0.25) is 0 Å². The Labute approximate surface area is 257 Å². The fraction of sp³-hybridized carbons (Fsp3) is 0.946. The van der Waals surface area contributed by atoms with Crippen LogP contribution in [0.1, 0.15) is 207 Å². The molecular weight excluding hydrogens is 508 g/mol. The van der Waals surface area contributed by atoms with Gasteiger partial charge in [0.1, 0.15) is 0 Å². The molecule has 0 saturated heterocycles. The molecule has 0 aliphatic rings. The number of unbranched alkanes of at least 4 members (excludes halogenated alkanes) is 18. The fourth-order valence-corrected chi connectivity index (χ4v) is 5.53. The maximum Gasteiger partial charge on any atom is 0.305 e. The van der Waals surface area contributed by atoms with Gasteiger partial charge < -0.3 is 9.84 Å². The third-order valence-electron chi connectivity index (χ3n) is 8.49. The number of hydrogen-bond donors (Lipinski definition) is 1. The van der Waals surface area contributed by atoms with Crippen LogP contribution >= 0.6 is 0 Å². The van der Waals surface area contributed by atoms with E-state index in [4.69, 9.17) is 5.11 Å². The molecule has 2 unspecified atom stereocenters. The smallest absolute Gasteiger partial charge is 0.305 e. The summed E-state index contributed by atoms with van der Waals surface area (Å²) in [6.07, 6.45) is 35.2. The average molecular weight is 583 g/mol. The van der Waals surface area contributed by atoms with E-state index in [0.29, 0.717) is 12.8 Å². The molecule has 0 aliphatic carbocycles.